The molecule has 1 aliphatic rings. The number of rotatable bonds is 4. The Morgan fingerprint density at radius 2 is 2.17 bits per heavy atom. The molecular formula is C15H21NO2. The van der Waals surface area contributed by atoms with Crippen molar-refractivity contribution in [2.75, 3.05) is 13.7 Å². The zero-order chi connectivity index (χ0) is 13.0. The van der Waals surface area contributed by atoms with E-state index < -0.39 is 0 Å². The molecule has 1 aliphatic heterocycles. The highest BCUT2D eigenvalue weighted by atomic mass is 16.5. The van der Waals surface area contributed by atoms with Crippen LogP contribution in [0.4, 0.5) is 0 Å². The van der Waals surface area contributed by atoms with E-state index in [1.54, 1.807) is 0 Å². The van der Waals surface area contributed by atoms with Gasteiger partial charge in [-0.3, -0.25) is 9.69 Å². The van der Waals surface area contributed by atoms with Gasteiger partial charge in [0.15, 0.2) is 0 Å². The molecule has 3 heteroatoms. The molecule has 0 saturated carbocycles. The second-order valence-electron chi connectivity index (χ2n) is 4.90. The topological polar surface area (TPSA) is 29.5 Å². The van der Waals surface area contributed by atoms with Crippen molar-refractivity contribution >= 4 is 5.97 Å². The molecule has 0 amide bonds. The van der Waals surface area contributed by atoms with Gasteiger partial charge < -0.3 is 4.74 Å². The number of hydrogen-bond acceptors (Lipinski definition) is 3. The van der Waals surface area contributed by atoms with E-state index in [2.05, 4.69) is 36.1 Å². The van der Waals surface area contributed by atoms with Crippen LogP contribution in [0.15, 0.2) is 30.3 Å². The Morgan fingerprint density at radius 1 is 1.44 bits per heavy atom. The van der Waals surface area contributed by atoms with Crippen molar-refractivity contribution in [2.24, 2.45) is 0 Å². The minimum Gasteiger partial charge on any atom is -0.469 e. The number of hydrogen-bond donors (Lipinski definition) is 0. The molecule has 1 saturated heterocycles. The summed E-state index contributed by atoms with van der Waals surface area (Å²) in [6.45, 7) is 3.28. The second-order valence-corrected chi connectivity index (χ2v) is 4.90. The number of methoxy groups -OCH3 is 1. The lowest BCUT2D eigenvalue weighted by Gasteiger charge is -2.30. The Labute approximate surface area is 109 Å². The van der Waals surface area contributed by atoms with Crippen LogP contribution in [0.3, 0.4) is 0 Å². The normalized spacial score (nSPS) is 21.8. The maximum absolute atomic E-state index is 11.4. The summed E-state index contributed by atoms with van der Waals surface area (Å²) in [5, 5.41) is 0. The average molecular weight is 247 g/mol. The molecule has 2 rings (SSSR count). The first-order chi connectivity index (χ1) is 8.72. The highest BCUT2D eigenvalue weighted by molar-refractivity contribution is 5.70. The predicted octanol–water partition coefficient (Wildman–Crippen LogP) is 2.78. The fourth-order valence-electron chi connectivity index (χ4n) is 2.79. The largest absolute Gasteiger partial charge is 0.469 e. The summed E-state index contributed by atoms with van der Waals surface area (Å²) in [6, 6.07) is 11.2. The van der Waals surface area contributed by atoms with Gasteiger partial charge >= 0.3 is 5.97 Å². The lowest BCUT2D eigenvalue weighted by molar-refractivity contribution is -0.142. The molecule has 0 spiro atoms. The molecule has 0 N–H and O–H groups in total. The summed E-state index contributed by atoms with van der Waals surface area (Å²) >= 11 is 0. The van der Waals surface area contributed by atoms with Gasteiger partial charge in [0, 0.05) is 12.1 Å². The van der Waals surface area contributed by atoms with E-state index in [4.69, 9.17) is 4.74 Å². The van der Waals surface area contributed by atoms with Crippen molar-refractivity contribution < 1.29 is 9.53 Å². The average Bonchev–Trinajstić information content (AvgIpc) is 2.86. The van der Waals surface area contributed by atoms with Gasteiger partial charge in [0.25, 0.3) is 0 Å². The van der Waals surface area contributed by atoms with Gasteiger partial charge in [-0.1, -0.05) is 30.3 Å². The molecule has 0 bridgehead atoms. The first-order valence-corrected chi connectivity index (χ1v) is 6.60. The zero-order valence-electron chi connectivity index (χ0n) is 11.1. The summed E-state index contributed by atoms with van der Waals surface area (Å²) in [5.74, 6) is -0.104. The molecule has 1 heterocycles. The van der Waals surface area contributed by atoms with Gasteiger partial charge in [-0.15, -0.1) is 0 Å². The van der Waals surface area contributed by atoms with E-state index in [0.717, 1.165) is 13.0 Å². The third kappa shape index (κ3) is 2.91. The van der Waals surface area contributed by atoms with Crippen molar-refractivity contribution in [3.63, 3.8) is 0 Å². The van der Waals surface area contributed by atoms with Crippen LogP contribution in [0, 0.1) is 0 Å². The van der Waals surface area contributed by atoms with Gasteiger partial charge in [-0.05, 0) is 31.9 Å². The molecule has 1 aromatic rings. The standard InChI is InChI=1S/C15H21NO2/c1-12(13-7-4-3-5-8-13)16-10-6-9-14(16)11-15(17)18-2/h3-5,7-8,12,14H,6,9-11H2,1-2H3/t12-,14+/m0/s1. The smallest absolute Gasteiger partial charge is 0.307 e. The summed E-state index contributed by atoms with van der Waals surface area (Å²) in [5.41, 5.74) is 1.31. The molecular weight excluding hydrogens is 226 g/mol. The molecule has 0 aromatic heterocycles. The van der Waals surface area contributed by atoms with Crippen molar-refractivity contribution in [2.45, 2.75) is 38.3 Å². The molecule has 0 radical (unpaired) electrons. The van der Waals surface area contributed by atoms with Crippen molar-refractivity contribution in [3.05, 3.63) is 35.9 Å². The summed E-state index contributed by atoms with van der Waals surface area (Å²) in [6.07, 6.45) is 2.76. The summed E-state index contributed by atoms with van der Waals surface area (Å²) in [7, 11) is 1.46. The SMILES string of the molecule is COC(=O)C[C@H]1CCCN1[C@@H](C)c1ccccc1. The van der Waals surface area contributed by atoms with E-state index in [1.807, 2.05) is 6.07 Å². The van der Waals surface area contributed by atoms with Gasteiger partial charge in [0.2, 0.25) is 0 Å². The number of likely N-dealkylation sites (tertiary alicyclic amines) is 1. The fraction of sp³-hybridized carbons (Fsp3) is 0.533. The minimum absolute atomic E-state index is 0.104. The van der Waals surface area contributed by atoms with Crippen LogP contribution in [0.2, 0.25) is 0 Å². The summed E-state index contributed by atoms with van der Waals surface area (Å²) in [4.78, 5) is 13.8. The monoisotopic (exact) mass is 247 g/mol. The van der Waals surface area contributed by atoms with Gasteiger partial charge in [-0.2, -0.15) is 0 Å². The third-order valence-corrected chi connectivity index (χ3v) is 3.83. The van der Waals surface area contributed by atoms with Crippen LogP contribution in [0.1, 0.15) is 37.8 Å². The van der Waals surface area contributed by atoms with Crippen LogP contribution in [0.5, 0.6) is 0 Å². The number of carbonyl (C=O) groups is 1. The number of carbonyl (C=O) groups excluding carboxylic acids is 1. The molecule has 98 valence electrons. The molecule has 1 fully saturated rings. The van der Waals surface area contributed by atoms with Crippen LogP contribution in [-0.2, 0) is 9.53 Å². The van der Waals surface area contributed by atoms with E-state index in [-0.39, 0.29) is 5.97 Å². The number of nitrogens with zero attached hydrogens (tertiary/aromatic N) is 1. The van der Waals surface area contributed by atoms with Gasteiger partial charge in [-0.25, -0.2) is 0 Å². The van der Waals surface area contributed by atoms with E-state index in [1.165, 1.54) is 19.1 Å². The van der Waals surface area contributed by atoms with Crippen molar-refractivity contribution in [1.82, 2.24) is 4.90 Å². The molecule has 18 heavy (non-hydrogen) atoms. The Morgan fingerprint density at radius 3 is 2.83 bits per heavy atom. The Bertz CT molecular complexity index is 391. The Kier molecular flexibility index (Phi) is 4.37. The van der Waals surface area contributed by atoms with Crippen LogP contribution >= 0.6 is 0 Å². The van der Waals surface area contributed by atoms with Crippen molar-refractivity contribution in [1.29, 1.82) is 0 Å². The van der Waals surface area contributed by atoms with Gasteiger partial charge in [0.05, 0.1) is 13.5 Å². The Balaban J connectivity index is 2.05. The maximum Gasteiger partial charge on any atom is 0.307 e. The highest BCUT2D eigenvalue weighted by Gasteiger charge is 2.30. The molecule has 1 aromatic carbocycles. The lowest BCUT2D eigenvalue weighted by Crippen LogP contribution is -2.34. The number of esters is 1. The van der Waals surface area contributed by atoms with E-state index in [9.17, 15) is 4.79 Å². The third-order valence-electron chi connectivity index (χ3n) is 3.83. The van der Waals surface area contributed by atoms with Gasteiger partial charge in [0.1, 0.15) is 0 Å². The summed E-state index contributed by atoms with van der Waals surface area (Å²) < 4.78 is 4.78. The zero-order valence-corrected chi connectivity index (χ0v) is 11.1. The molecule has 3 nitrogen and oxygen atoms in total. The molecule has 2 atom stereocenters. The van der Waals surface area contributed by atoms with Crippen LogP contribution in [0.25, 0.3) is 0 Å². The van der Waals surface area contributed by atoms with E-state index >= 15 is 0 Å². The van der Waals surface area contributed by atoms with Crippen LogP contribution in [-0.4, -0.2) is 30.6 Å². The lowest BCUT2D eigenvalue weighted by atomic mass is 10.0. The van der Waals surface area contributed by atoms with E-state index in [0.29, 0.717) is 18.5 Å². The predicted molar refractivity (Wildman–Crippen MR) is 71.2 cm³/mol. The fourth-order valence-corrected chi connectivity index (χ4v) is 2.79. The second kappa shape index (κ2) is 6.01. The minimum atomic E-state index is -0.104. The first-order valence-electron chi connectivity index (χ1n) is 6.60. The van der Waals surface area contributed by atoms with Crippen molar-refractivity contribution in [3.8, 4) is 0 Å². The molecule has 0 unspecified atom stereocenters. The first kappa shape index (κ1) is 13.1. The number of benzene rings is 1. The Hall–Kier alpha value is -1.35. The maximum atomic E-state index is 11.4. The molecule has 0 aliphatic carbocycles. The number of ether oxygens (including phenoxy) is 1. The quantitative estimate of drug-likeness (QED) is 0.766. The van der Waals surface area contributed by atoms with Crippen LogP contribution < -0.4 is 0 Å². The highest BCUT2D eigenvalue weighted by Crippen LogP contribution is 2.30.